The Labute approximate surface area is 166 Å². The molecule has 5 heteroatoms. The predicted molar refractivity (Wildman–Crippen MR) is 107 cm³/mol. The maximum absolute atomic E-state index is 12.6. The third kappa shape index (κ3) is 4.53. The lowest BCUT2D eigenvalue weighted by Crippen LogP contribution is -2.42. The van der Waals surface area contributed by atoms with Crippen molar-refractivity contribution in [2.75, 3.05) is 6.61 Å². The molecule has 0 atom stereocenters. The van der Waals surface area contributed by atoms with Crippen LogP contribution in [0.2, 0.25) is 0 Å². The van der Waals surface area contributed by atoms with E-state index in [0.717, 1.165) is 43.6 Å². The summed E-state index contributed by atoms with van der Waals surface area (Å²) in [6.07, 6.45) is 4.34. The quantitative estimate of drug-likeness (QED) is 0.584. The summed E-state index contributed by atoms with van der Waals surface area (Å²) < 4.78 is 7.31. The molecular formula is C23H29NO4. The number of aromatic nitrogens is 1. The van der Waals surface area contributed by atoms with Crippen molar-refractivity contribution >= 4 is 11.8 Å². The summed E-state index contributed by atoms with van der Waals surface area (Å²) in [6.45, 7) is 4.35. The van der Waals surface area contributed by atoms with Gasteiger partial charge < -0.3 is 14.4 Å². The van der Waals surface area contributed by atoms with Crippen LogP contribution >= 0.6 is 0 Å². The highest BCUT2D eigenvalue weighted by Crippen LogP contribution is 2.29. The maximum Gasteiger partial charge on any atom is 0.338 e. The van der Waals surface area contributed by atoms with Crippen LogP contribution in [-0.4, -0.2) is 33.6 Å². The van der Waals surface area contributed by atoms with E-state index in [0.29, 0.717) is 18.4 Å². The monoisotopic (exact) mass is 383 g/mol. The number of nitrogens with zero attached hydrogens (tertiary/aromatic N) is 1. The minimum Gasteiger partial charge on any atom is -0.455 e. The van der Waals surface area contributed by atoms with Crippen LogP contribution in [0.25, 0.3) is 0 Å². The zero-order chi connectivity index (χ0) is 20.1. The molecule has 1 fully saturated rings. The van der Waals surface area contributed by atoms with Crippen LogP contribution in [0, 0.1) is 13.8 Å². The highest BCUT2D eigenvalue weighted by atomic mass is 16.6. The molecule has 1 N–H and O–H groups in total. The molecule has 1 heterocycles. The molecule has 0 aliphatic heterocycles. The first-order valence-electron chi connectivity index (χ1n) is 10.0. The summed E-state index contributed by atoms with van der Waals surface area (Å²) in [5.74, 6) is -0.898. The van der Waals surface area contributed by atoms with E-state index >= 15 is 0 Å². The Kier molecular flexibility index (Phi) is 6.35. The van der Waals surface area contributed by atoms with E-state index in [1.54, 1.807) is 0 Å². The van der Waals surface area contributed by atoms with Gasteiger partial charge in [-0.05, 0) is 57.6 Å². The zero-order valence-electron chi connectivity index (χ0n) is 16.7. The van der Waals surface area contributed by atoms with Crippen LogP contribution in [0.1, 0.15) is 59.4 Å². The van der Waals surface area contributed by atoms with Gasteiger partial charge in [-0.2, -0.15) is 0 Å². The van der Waals surface area contributed by atoms with Gasteiger partial charge in [-0.25, -0.2) is 4.79 Å². The fourth-order valence-electron chi connectivity index (χ4n) is 4.00. The van der Waals surface area contributed by atoms with Gasteiger partial charge in [0, 0.05) is 23.5 Å². The molecule has 5 nitrogen and oxygen atoms in total. The lowest BCUT2D eigenvalue weighted by Gasteiger charge is -2.29. The molecule has 1 aromatic heterocycles. The molecule has 0 bridgehead atoms. The van der Waals surface area contributed by atoms with Gasteiger partial charge in [0.05, 0.1) is 0 Å². The topological polar surface area (TPSA) is 68.5 Å². The largest absolute Gasteiger partial charge is 0.455 e. The summed E-state index contributed by atoms with van der Waals surface area (Å²) in [6, 6.07) is 12.1. The molecule has 0 spiro atoms. The fourth-order valence-corrected chi connectivity index (χ4v) is 4.00. The molecule has 1 saturated carbocycles. The minimum atomic E-state index is -1.43. The number of carbonyl (C=O) groups is 2. The van der Waals surface area contributed by atoms with Gasteiger partial charge in [0.2, 0.25) is 5.78 Å². The van der Waals surface area contributed by atoms with E-state index in [1.165, 1.54) is 5.56 Å². The highest BCUT2D eigenvalue weighted by molar-refractivity contribution is 5.99. The second-order valence-electron chi connectivity index (χ2n) is 7.76. The molecule has 0 amide bonds. The zero-order valence-corrected chi connectivity index (χ0v) is 16.7. The number of Topliss-reactive ketones (excluding diaryl/α,β-unsaturated/α-hetero) is 1. The maximum atomic E-state index is 12.6. The standard InChI is InChI=1S/C23H29NO4/c1-17-15-20(18(2)24(17)14-11-19-9-5-3-6-10-19)21(25)16-28-22(26)23(27)12-7-4-8-13-23/h3,5-6,9-10,15,27H,4,7-8,11-14,16H2,1-2H3. The first-order chi connectivity index (χ1) is 13.4. The molecular weight excluding hydrogens is 354 g/mol. The van der Waals surface area contributed by atoms with Crippen molar-refractivity contribution in [3.63, 3.8) is 0 Å². The summed E-state index contributed by atoms with van der Waals surface area (Å²) in [7, 11) is 0. The molecule has 1 aliphatic rings. The van der Waals surface area contributed by atoms with Crippen LogP contribution < -0.4 is 0 Å². The van der Waals surface area contributed by atoms with Crippen molar-refractivity contribution < 1.29 is 19.4 Å². The van der Waals surface area contributed by atoms with E-state index in [9.17, 15) is 14.7 Å². The van der Waals surface area contributed by atoms with Gasteiger partial charge in [0.1, 0.15) is 0 Å². The molecule has 3 rings (SSSR count). The Morgan fingerprint density at radius 1 is 1.11 bits per heavy atom. The summed E-state index contributed by atoms with van der Waals surface area (Å²) >= 11 is 0. The molecule has 0 saturated heterocycles. The van der Waals surface area contributed by atoms with E-state index in [2.05, 4.69) is 16.7 Å². The number of hydrogen-bond acceptors (Lipinski definition) is 4. The normalized spacial score (nSPS) is 16.0. The Bertz CT molecular complexity index is 832. The number of hydrogen-bond donors (Lipinski definition) is 1. The highest BCUT2D eigenvalue weighted by Gasteiger charge is 2.39. The van der Waals surface area contributed by atoms with Crippen LogP contribution in [-0.2, 0) is 22.5 Å². The van der Waals surface area contributed by atoms with Crippen molar-refractivity contribution in [2.45, 2.75) is 64.5 Å². The number of rotatable bonds is 7. The molecule has 1 aromatic carbocycles. The van der Waals surface area contributed by atoms with Gasteiger partial charge in [-0.3, -0.25) is 4.79 Å². The summed E-state index contributed by atoms with van der Waals surface area (Å²) in [5.41, 5.74) is 2.29. The summed E-state index contributed by atoms with van der Waals surface area (Å²) in [5, 5.41) is 10.4. The molecule has 2 aromatic rings. The Hall–Kier alpha value is -2.40. The van der Waals surface area contributed by atoms with Crippen LogP contribution in [0.5, 0.6) is 0 Å². The third-order valence-corrected chi connectivity index (χ3v) is 5.74. The van der Waals surface area contributed by atoms with Crippen LogP contribution in [0.4, 0.5) is 0 Å². The minimum absolute atomic E-state index is 0.230. The SMILES string of the molecule is Cc1cc(C(=O)COC(=O)C2(O)CCCCC2)c(C)n1CCc1ccccc1. The summed E-state index contributed by atoms with van der Waals surface area (Å²) in [4.78, 5) is 24.9. The van der Waals surface area contributed by atoms with Crippen molar-refractivity contribution in [3.8, 4) is 0 Å². The van der Waals surface area contributed by atoms with E-state index < -0.39 is 11.6 Å². The second kappa shape index (κ2) is 8.74. The number of aryl methyl sites for hydroxylation is 2. The van der Waals surface area contributed by atoms with Crippen molar-refractivity contribution in [3.05, 3.63) is 58.9 Å². The molecule has 28 heavy (non-hydrogen) atoms. The number of ketones is 1. The third-order valence-electron chi connectivity index (χ3n) is 5.74. The van der Waals surface area contributed by atoms with E-state index in [1.807, 2.05) is 38.1 Å². The number of benzene rings is 1. The number of aliphatic hydroxyl groups is 1. The predicted octanol–water partition coefficient (Wildman–Crippen LogP) is 3.77. The number of carbonyl (C=O) groups excluding carboxylic acids is 2. The first-order valence-corrected chi connectivity index (χ1v) is 10.0. The second-order valence-corrected chi connectivity index (χ2v) is 7.76. The number of ether oxygens (including phenoxy) is 1. The van der Waals surface area contributed by atoms with Crippen LogP contribution in [0.15, 0.2) is 36.4 Å². The van der Waals surface area contributed by atoms with E-state index in [-0.39, 0.29) is 12.4 Å². The van der Waals surface area contributed by atoms with Gasteiger partial charge in [-0.15, -0.1) is 0 Å². The fraction of sp³-hybridized carbons (Fsp3) is 0.478. The Balaban J connectivity index is 1.61. The molecule has 0 unspecified atom stereocenters. The molecule has 1 aliphatic carbocycles. The average molecular weight is 383 g/mol. The molecule has 150 valence electrons. The van der Waals surface area contributed by atoms with Gasteiger partial charge in [0.25, 0.3) is 0 Å². The lowest BCUT2D eigenvalue weighted by molar-refractivity contribution is -0.167. The van der Waals surface area contributed by atoms with Gasteiger partial charge in [0.15, 0.2) is 12.2 Å². The lowest BCUT2D eigenvalue weighted by atomic mass is 9.85. The smallest absolute Gasteiger partial charge is 0.338 e. The van der Waals surface area contributed by atoms with Crippen molar-refractivity contribution in [2.24, 2.45) is 0 Å². The van der Waals surface area contributed by atoms with Crippen molar-refractivity contribution in [1.82, 2.24) is 4.57 Å². The Morgan fingerprint density at radius 2 is 1.79 bits per heavy atom. The average Bonchev–Trinajstić information content (AvgIpc) is 2.99. The van der Waals surface area contributed by atoms with Gasteiger partial charge in [-0.1, -0.05) is 36.8 Å². The first kappa shape index (κ1) is 20.3. The van der Waals surface area contributed by atoms with Crippen molar-refractivity contribution in [1.29, 1.82) is 0 Å². The van der Waals surface area contributed by atoms with E-state index in [4.69, 9.17) is 4.74 Å². The number of esters is 1. The molecule has 0 radical (unpaired) electrons. The Morgan fingerprint density at radius 3 is 2.46 bits per heavy atom. The van der Waals surface area contributed by atoms with Gasteiger partial charge >= 0.3 is 5.97 Å². The van der Waals surface area contributed by atoms with Crippen LogP contribution in [0.3, 0.4) is 0 Å².